The van der Waals surface area contributed by atoms with Crippen LogP contribution in [0.3, 0.4) is 0 Å². The molecule has 0 radical (unpaired) electrons. The number of carbonyl (C=O) groups is 2. The van der Waals surface area contributed by atoms with Crippen molar-refractivity contribution in [2.75, 3.05) is 20.2 Å². The van der Waals surface area contributed by atoms with Crippen molar-refractivity contribution in [3.05, 3.63) is 60.2 Å². The molecule has 10 heteroatoms. The summed E-state index contributed by atoms with van der Waals surface area (Å²) >= 11 is 0. The van der Waals surface area contributed by atoms with Crippen molar-refractivity contribution in [3.8, 4) is 5.75 Å². The molecular weight excluding hydrogens is 520 g/mol. The fourth-order valence-electron chi connectivity index (χ4n) is 4.07. The highest BCUT2D eigenvalue weighted by atomic mass is 32.2. The Bertz CT molecular complexity index is 1120. The molecule has 1 unspecified atom stereocenters. The average Bonchev–Trinajstić information content (AvgIpc) is 2.91. The zero-order valence-electron chi connectivity index (χ0n) is 23.3. The zero-order chi connectivity index (χ0) is 28.8. The van der Waals surface area contributed by atoms with Crippen LogP contribution >= 0.6 is 0 Å². The highest BCUT2D eigenvalue weighted by Gasteiger charge is 2.31. The summed E-state index contributed by atoms with van der Waals surface area (Å²) < 4.78 is 39.0. The van der Waals surface area contributed by atoms with Crippen molar-refractivity contribution < 1.29 is 32.6 Å². The van der Waals surface area contributed by atoms with Crippen molar-refractivity contribution >= 4 is 21.9 Å². The summed E-state index contributed by atoms with van der Waals surface area (Å²) in [7, 11) is -2.42. The number of carbonyl (C=O) groups excluding carboxylic acids is 2. The smallest absolute Gasteiger partial charge is 0.407 e. The van der Waals surface area contributed by atoms with E-state index in [9.17, 15) is 23.1 Å². The van der Waals surface area contributed by atoms with Crippen molar-refractivity contribution in [1.29, 1.82) is 0 Å². The fourth-order valence-corrected chi connectivity index (χ4v) is 5.56. The Labute approximate surface area is 232 Å². The number of hydrogen-bond acceptors (Lipinski definition) is 7. The van der Waals surface area contributed by atoms with Crippen molar-refractivity contribution in [2.24, 2.45) is 0 Å². The first kappa shape index (κ1) is 32.3. The Morgan fingerprint density at radius 1 is 1.05 bits per heavy atom. The number of rotatable bonds is 17. The van der Waals surface area contributed by atoms with Gasteiger partial charge in [0, 0.05) is 19.5 Å². The lowest BCUT2D eigenvalue weighted by atomic mass is 10.0. The van der Waals surface area contributed by atoms with Crippen LogP contribution < -0.4 is 10.1 Å². The van der Waals surface area contributed by atoms with Gasteiger partial charge in [-0.05, 0) is 62.9 Å². The van der Waals surface area contributed by atoms with Crippen molar-refractivity contribution in [2.45, 2.75) is 82.4 Å². The van der Waals surface area contributed by atoms with Gasteiger partial charge in [-0.1, -0.05) is 50.1 Å². The van der Waals surface area contributed by atoms with Crippen LogP contribution in [-0.2, 0) is 26.0 Å². The minimum atomic E-state index is -3.93. The number of aliphatic hydroxyl groups is 1. The van der Waals surface area contributed by atoms with Gasteiger partial charge in [0.25, 0.3) is 0 Å². The van der Waals surface area contributed by atoms with Crippen LogP contribution in [0.4, 0.5) is 4.79 Å². The van der Waals surface area contributed by atoms with Crippen LogP contribution in [0.2, 0.25) is 0 Å². The number of ether oxygens (including phenoxy) is 2. The maximum Gasteiger partial charge on any atom is 0.407 e. The molecule has 2 aromatic rings. The lowest BCUT2D eigenvalue weighted by Crippen LogP contribution is -2.51. The number of ketones is 1. The van der Waals surface area contributed by atoms with Gasteiger partial charge in [0.2, 0.25) is 10.0 Å². The lowest BCUT2D eigenvalue weighted by Gasteiger charge is -2.30. The van der Waals surface area contributed by atoms with Crippen LogP contribution in [0.1, 0.15) is 58.4 Å². The molecule has 0 saturated heterocycles. The van der Waals surface area contributed by atoms with Crippen LogP contribution in [0.5, 0.6) is 5.75 Å². The molecule has 0 spiro atoms. The quantitative estimate of drug-likeness (QED) is 0.275. The number of unbranched alkanes of at least 4 members (excludes halogenated alkanes) is 2. The second kappa shape index (κ2) is 16.2. The number of alkyl carbamates (subject to hydrolysis) is 1. The first-order valence-electron chi connectivity index (χ1n) is 13.4. The van der Waals surface area contributed by atoms with Gasteiger partial charge < -0.3 is 24.7 Å². The Morgan fingerprint density at radius 3 is 2.31 bits per heavy atom. The molecule has 0 aliphatic heterocycles. The highest BCUT2D eigenvalue weighted by Crippen LogP contribution is 2.21. The largest absolute Gasteiger partial charge is 0.497 e. The molecule has 0 bridgehead atoms. The SMILES string of the molecule is CCCCCN(C[C@@H](O)C(Cc1ccccc1)NC(=O)O[C@H](C)CCC(C)=O)S(=O)(=O)c1ccc(OC)cc1. The zero-order valence-corrected chi connectivity index (χ0v) is 24.2. The van der Waals surface area contributed by atoms with Gasteiger partial charge in [0.05, 0.1) is 24.2 Å². The Balaban J connectivity index is 2.25. The van der Waals surface area contributed by atoms with E-state index in [0.717, 1.165) is 18.4 Å². The van der Waals surface area contributed by atoms with Gasteiger partial charge in [-0.15, -0.1) is 0 Å². The third kappa shape index (κ3) is 11.0. The van der Waals surface area contributed by atoms with Crippen LogP contribution in [-0.4, -0.2) is 68.2 Å². The molecule has 0 aromatic heterocycles. The van der Waals surface area contributed by atoms with Gasteiger partial charge in [-0.3, -0.25) is 0 Å². The molecule has 1 amide bonds. The molecule has 3 atom stereocenters. The molecule has 0 fully saturated rings. The molecule has 9 nitrogen and oxygen atoms in total. The first-order chi connectivity index (χ1) is 18.6. The van der Waals surface area contributed by atoms with Crippen molar-refractivity contribution in [3.63, 3.8) is 0 Å². The average molecular weight is 563 g/mol. The standard InChI is InChI=1S/C29H42N2O7S/c1-5-6-10-19-31(39(35,36)26-17-15-25(37-4)16-18-26)21-28(33)27(20-24-11-8-7-9-12-24)30-29(34)38-23(3)14-13-22(2)32/h7-9,11-12,15-18,23,27-28,33H,5-6,10,13-14,19-21H2,1-4H3,(H,30,34)/t23-,27?,28-/m1/s1. The second-order valence-electron chi connectivity index (χ2n) is 9.71. The van der Waals surface area contributed by atoms with Gasteiger partial charge in [0.1, 0.15) is 17.6 Å². The van der Waals surface area contributed by atoms with Gasteiger partial charge >= 0.3 is 6.09 Å². The Hall–Kier alpha value is -2.95. The molecule has 0 aliphatic carbocycles. The van der Waals surface area contributed by atoms with E-state index in [0.29, 0.717) is 25.0 Å². The predicted molar refractivity (Wildman–Crippen MR) is 150 cm³/mol. The molecule has 0 saturated carbocycles. The molecule has 2 N–H and O–H groups in total. The number of benzene rings is 2. The molecule has 2 rings (SSSR count). The maximum atomic E-state index is 13.6. The molecule has 0 aliphatic rings. The van der Waals surface area contributed by atoms with Crippen molar-refractivity contribution in [1.82, 2.24) is 9.62 Å². The number of nitrogens with one attached hydrogen (secondary N) is 1. The summed E-state index contributed by atoms with van der Waals surface area (Å²) in [5.74, 6) is 0.541. The van der Waals surface area contributed by atoms with E-state index in [-0.39, 0.29) is 30.2 Å². The first-order valence-corrected chi connectivity index (χ1v) is 14.8. The highest BCUT2D eigenvalue weighted by molar-refractivity contribution is 7.89. The summed E-state index contributed by atoms with van der Waals surface area (Å²) in [4.78, 5) is 24.1. The van der Waals surface area contributed by atoms with E-state index in [1.165, 1.54) is 30.5 Å². The number of nitrogens with zero attached hydrogens (tertiary/aromatic N) is 1. The van der Waals surface area contributed by atoms with Gasteiger partial charge in [-0.2, -0.15) is 4.31 Å². The third-order valence-electron chi connectivity index (χ3n) is 6.38. The van der Waals surface area contributed by atoms with E-state index in [2.05, 4.69) is 5.32 Å². The van der Waals surface area contributed by atoms with E-state index in [4.69, 9.17) is 9.47 Å². The summed E-state index contributed by atoms with van der Waals surface area (Å²) in [5.41, 5.74) is 0.863. The van der Waals surface area contributed by atoms with Crippen LogP contribution in [0.25, 0.3) is 0 Å². The van der Waals surface area contributed by atoms with E-state index in [1.54, 1.807) is 19.1 Å². The number of amides is 1. The van der Waals surface area contributed by atoms with Gasteiger partial charge in [0.15, 0.2) is 0 Å². The molecule has 0 heterocycles. The molecule has 39 heavy (non-hydrogen) atoms. The van der Waals surface area contributed by atoms with E-state index < -0.39 is 34.4 Å². The monoisotopic (exact) mass is 562 g/mol. The minimum Gasteiger partial charge on any atom is -0.497 e. The van der Waals surface area contributed by atoms with E-state index in [1.807, 2.05) is 37.3 Å². The topological polar surface area (TPSA) is 122 Å². The number of aliphatic hydroxyl groups excluding tert-OH is 1. The number of sulfonamides is 1. The predicted octanol–water partition coefficient (Wildman–Crippen LogP) is 4.33. The van der Waals surface area contributed by atoms with Crippen LogP contribution in [0.15, 0.2) is 59.5 Å². The second-order valence-corrected chi connectivity index (χ2v) is 11.6. The number of methoxy groups -OCH3 is 1. The van der Waals surface area contributed by atoms with Crippen LogP contribution in [0, 0.1) is 0 Å². The molecule has 216 valence electrons. The number of hydrogen-bond donors (Lipinski definition) is 2. The Kier molecular flexibility index (Phi) is 13.4. The third-order valence-corrected chi connectivity index (χ3v) is 8.26. The fraction of sp³-hybridized carbons (Fsp3) is 0.517. The summed E-state index contributed by atoms with van der Waals surface area (Å²) in [6.07, 6.45) is 0.868. The summed E-state index contributed by atoms with van der Waals surface area (Å²) in [5, 5.41) is 14.0. The van der Waals surface area contributed by atoms with E-state index >= 15 is 0 Å². The maximum absolute atomic E-state index is 13.6. The lowest BCUT2D eigenvalue weighted by molar-refractivity contribution is -0.117. The minimum absolute atomic E-state index is 0.00414. The Morgan fingerprint density at radius 2 is 1.72 bits per heavy atom. The molecular formula is C29H42N2O7S. The summed E-state index contributed by atoms with van der Waals surface area (Å²) in [6, 6.07) is 14.6. The number of Topliss-reactive ketones (excluding diaryl/α,β-unsaturated/α-hetero) is 1. The van der Waals surface area contributed by atoms with Gasteiger partial charge in [-0.25, -0.2) is 13.2 Å². The molecule has 2 aromatic carbocycles. The summed E-state index contributed by atoms with van der Waals surface area (Å²) in [6.45, 7) is 5.22. The normalized spacial score (nSPS) is 13.9.